The lowest BCUT2D eigenvalue weighted by molar-refractivity contribution is -0.120. The zero-order valence-electron chi connectivity index (χ0n) is 7.95. The van der Waals surface area contributed by atoms with E-state index >= 15 is 0 Å². The summed E-state index contributed by atoms with van der Waals surface area (Å²) in [6.07, 6.45) is 3.97. The molecule has 0 radical (unpaired) electrons. The Bertz CT molecular complexity index is 194. The van der Waals surface area contributed by atoms with Crippen LogP contribution in [0.4, 0.5) is 0 Å². The van der Waals surface area contributed by atoms with Crippen LogP contribution in [0, 0.1) is 0 Å². The smallest absolute Gasteiger partial charge is 0.208 e. The molecule has 0 aromatic rings. The van der Waals surface area contributed by atoms with Crippen molar-refractivity contribution in [3.63, 3.8) is 0 Å². The second-order valence-electron chi connectivity index (χ2n) is 3.47. The zero-order valence-corrected chi connectivity index (χ0v) is 7.95. The van der Waals surface area contributed by atoms with E-state index < -0.39 is 0 Å². The molecule has 1 N–H and O–H groups in total. The first-order valence-electron chi connectivity index (χ1n) is 4.67. The fraction of sp³-hybridized carbons (Fsp3) is 0.778. The fourth-order valence-electron chi connectivity index (χ4n) is 1.73. The first-order chi connectivity index (χ1) is 6.24. The van der Waals surface area contributed by atoms with Gasteiger partial charge in [-0.05, 0) is 26.2 Å². The van der Waals surface area contributed by atoms with Gasteiger partial charge in [-0.2, -0.15) is 0 Å². The summed E-state index contributed by atoms with van der Waals surface area (Å²) >= 11 is 0. The van der Waals surface area contributed by atoms with Gasteiger partial charge >= 0.3 is 0 Å². The molecule has 4 heteroatoms. The van der Waals surface area contributed by atoms with Crippen LogP contribution in [-0.4, -0.2) is 36.3 Å². The third-order valence-corrected chi connectivity index (χ3v) is 2.30. The summed E-state index contributed by atoms with van der Waals surface area (Å²) < 4.78 is 0. The third kappa shape index (κ3) is 3.14. The largest absolute Gasteiger partial charge is 0.343 e. The molecule has 0 spiro atoms. The Hall–Kier alpha value is -0.900. The van der Waals surface area contributed by atoms with Gasteiger partial charge in [0.15, 0.2) is 0 Å². The highest BCUT2D eigenvalue weighted by Crippen LogP contribution is 2.13. The predicted octanol–water partition coefficient (Wildman–Crippen LogP) is 0.133. The van der Waals surface area contributed by atoms with Gasteiger partial charge in [-0.25, -0.2) is 0 Å². The summed E-state index contributed by atoms with van der Waals surface area (Å²) in [4.78, 5) is 23.2. The van der Waals surface area contributed by atoms with Crippen molar-refractivity contribution in [2.75, 3.05) is 13.1 Å². The normalized spacial score (nSPS) is 23.9. The van der Waals surface area contributed by atoms with Crippen molar-refractivity contribution in [2.24, 2.45) is 0 Å². The average molecular weight is 184 g/mol. The standard InChI is InChI=1S/C9H16N2O2/c1-8(13)6-11-5-3-2-4-9(11)10-7-12/h7,9H,2-6H2,1H3,(H,10,12)/t9-/m0/s1. The van der Waals surface area contributed by atoms with Crippen molar-refractivity contribution < 1.29 is 9.59 Å². The third-order valence-electron chi connectivity index (χ3n) is 2.30. The molecule has 1 aliphatic heterocycles. The van der Waals surface area contributed by atoms with E-state index in [2.05, 4.69) is 5.32 Å². The Labute approximate surface area is 78.3 Å². The summed E-state index contributed by atoms with van der Waals surface area (Å²) in [6, 6.07) is 0. The van der Waals surface area contributed by atoms with Crippen LogP contribution in [0.3, 0.4) is 0 Å². The van der Waals surface area contributed by atoms with Crippen molar-refractivity contribution in [2.45, 2.75) is 32.4 Å². The predicted molar refractivity (Wildman–Crippen MR) is 49.1 cm³/mol. The molecule has 0 aliphatic carbocycles. The Morgan fingerprint density at radius 3 is 3.00 bits per heavy atom. The van der Waals surface area contributed by atoms with Crippen LogP contribution in [0.5, 0.6) is 0 Å². The van der Waals surface area contributed by atoms with Crippen LogP contribution in [0.25, 0.3) is 0 Å². The van der Waals surface area contributed by atoms with Gasteiger partial charge in [-0.15, -0.1) is 0 Å². The number of hydrogen-bond acceptors (Lipinski definition) is 3. The van der Waals surface area contributed by atoms with Gasteiger partial charge in [0.05, 0.1) is 12.7 Å². The number of carbonyl (C=O) groups excluding carboxylic acids is 2. The van der Waals surface area contributed by atoms with E-state index in [0.717, 1.165) is 25.8 Å². The van der Waals surface area contributed by atoms with Gasteiger partial charge in [0.2, 0.25) is 6.41 Å². The molecule has 0 aromatic carbocycles. The van der Waals surface area contributed by atoms with Gasteiger partial charge in [0, 0.05) is 6.54 Å². The Kier molecular flexibility index (Phi) is 3.89. The zero-order chi connectivity index (χ0) is 9.68. The maximum absolute atomic E-state index is 10.9. The molecule has 4 nitrogen and oxygen atoms in total. The summed E-state index contributed by atoms with van der Waals surface area (Å²) in [5.74, 6) is 0.152. The molecule has 1 rings (SSSR count). The number of likely N-dealkylation sites (tertiary alicyclic amines) is 1. The monoisotopic (exact) mass is 184 g/mol. The number of Topliss-reactive ketones (excluding diaryl/α,β-unsaturated/α-hetero) is 1. The van der Waals surface area contributed by atoms with E-state index in [-0.39, 0.29) is 11.9 Å². The fourth-order valence-corrected chi connectivity index (χ4v) is 1.73. The number of piperidine rings is 1. The quantitative estimate of drug-likeness (QED) is 0.632. The second-order valence-corrected chi connectivity index (χ2v) is 3.47. The molecule has 0 bridgehead atoms. The van der Waals surface area contributed by atoms with Crippen molar-refractivity contribution >= 4 is 12.2 Å². The van der Waals surface area contributed by atoms with E-state index in [1.165, 1.54) is 0 Å². The van der Waals surface area contributed by atoms with E-state index in [1.54, 1.807) is 6.92 Å². The number of carbonyl (C=O) groups is 2. The molecular weight excluding hydrogens is 168 g/mol. The lowest BCUT2D eigenvalue weighted by Gasteiger charge is -2.34. The Balaban J connectivity index is 2.45. The highest BCUT2D eigenvalue weighted by molar-refractivity contribution is 5.77. The van der Waals surface area contributed by atoms with Crippen LogP contribution in [-0.2, 0) is 9.59 Å². The molecule has 1 fully saturated rings. The Morgan fingerprint density at radius 2 is 2.38 bits per heavy atom. The van der Waals surface area contributed by atoms with E-state index in [4.69, 9.17) is 0 Å². The second kappa shape index (κ2) is 4.97. The van der Waals surface area contributed by atoms with Crippen molar-refractivity contribution in [3.8, 4) is 0 Å². The van der Waals surface area contributed by atoms with E-state index in [9.17, 15) is 9.59 Å². The highest BCUT2D eigenvalue weighted by atomic mass is 16.1. The number of amides is 1. The summed E-state index contributed by atoms with van der Waals surface area (Å²) in [6.45, 7) is 2.93. The van der Waals surface area contributed by atoms with Gasteiger partial charge in [0.1, 0.15) is 5.78 Å². The van der Waals surface area contributed by atoms with Crippen molar-refractivity contribution in [1.82, 2.24) is 10.2 Å². The van der Waals surface area contributed by atoms with E-state index in [0.29, 0.717) is 13.0 Å². The number of nitrogens with zero attached hydrogens (tertiary/aromatic N) is 1. The molecule has 1 aliphatic rings. The molecule has 74 valence electrons. The maximum atomic E-state index is 10.9. The molecule has 1 atom stereocenters. The average Bonchev–Trinajstić information content (AvgIpc) is 2.08. The molecule has 13 heavy (non-hydrogen) atoms. The molecule has 1 heterocycles. The molecular formula is C9H16N2O2. The van der Waals surface area contributed by atoms with Gasteiger partial charge in [-0.1, -0.05) is 0 Å². The summed E-state index contributed by atoms with van der Waals surface area (Å²) in [5.41, 5.74) is 0. The van der Waals surface area contributed by atoms with Crippen molar-refractivity contribution in [3.05, 3.63) is 0 Å². The molecule has 1 amide bonds. The molecule has 0 saturated carbocycles. The van der Waals surface area contributed by atoms with Gasteiger partial charge < -0.3 is 5.32 Å². The molecule has 1 saturated heterocycles. The number of rotatable bonds is 4. The topological polar surface area (TPSA) is 49.4 Å². The van der Waals surface area contributed by atoms with Crippen LogP contribution < -0.4 is 5.32 Å². The van der Waals surface area contributed by atoms with Crippen LogP contribution in [0.15, 0.2) is 0 Å². The first kappa shape index (κ1) is 10.2. The molecule has 0 unspecified atom stereocenters. The van der Waals surface area contributed by atoms with Crippen LogP contribution in [0.1, 0.15) is 26.2 Å². The first-order valence-corrected chi connectivity index (χ1v) is 4.67. The molecule has 0 aromatic heterocycles. The highest BCUT2D eigenvalue weighted by Gasteiger charge is 2.21. The van der Waals surface area contributed by atoms with Crippen LogP contribution >= 0.6 is 0 Å². The number of nitrogens with one attached hydrogen (secondary N) is 1. The summed E-state index contributed by atoms with van der Waals surface area (Å²) in [7, 11) is 0. The lowest BCUT2D eigenvalue weighted by atomic mass is 10.1. The number of hydrogen-bond donors (Lipinski definition) is 1. The SMILES string of the molecule is CC(=O)CN1CCCC[C@H]1NC=O. The van der Waals surface area contributed by atoms with Crippen LogP contribution in [0.2, 0.25) is 0 Å². The minimum Gasteiger partial charge on any atom is -0.343 e. The lowest BCUT2D eigenvalue weighted by Crippen LogP contribution is -2.49. The Morgan fingerprint density at radius 1 is 1.62 bits per heavy atom. The minimum absolute atomic E-state index is 0.0650. The van der Waals surface area contributed by atoms with Crippen molar-refractivity contribution in [1.29, 1.82) is 0 Å². The van der Waals surface area contributed by atoms with Gasteiger partial charge in [0.25, 0.3) is 0 Å². The summed E-state index contributed by atoms with van der Waals surface area (Å²) in [5, 5.41) is 2.73. The number of ketones is 1. The van der Waals surface area contributed by atoms with Gasteiger partial charge in [-0.3, -0.25) is 14.5 Å². The maximum Gasteiger partial charge on any atom is 0.208 e. The van der Waals surface area contributed by atoms with E-state index in [1.807, 2.05) is 4.90 Å². The minimum atomic E-state index is 0.0650.